The lowest BCUT2D eigenvalue weighted by atomic mass is 10.0. The van der Waals surface area contributed by atoms with E-state index in [0.29, 0.717) is 12.0 Å². The highest BCUT2D eigenvalue weighted by atomic mass is 19.1. The quantitative estimate of drug-likeness (QED) is 0.707. The van der Waals surface area contributed by atoms with Crippen molar-refractivity contribution in [2.75, 3.05) is 13.2 Å². The first kappa shape index (κ1) is 18.4. The van der Waals surface area contributed by atoms with Gasteiger partial charge >= 0.3 is 6.03 Å². The molecule has 1 fully saturated rings. The number of benzene rings is 1. The third-order valence-corrected chi connectivity index (χ3v) is 3.73. The summed E-state index contributed by atoms with van der Waals surface area (Å²) in [5.41, 5.74) is 0.386. The van der Waals surface area contributed by atoms with Crippen molar-refractivity contribution in [2.24, 2.45) is 5.92 Å². The molecule has 1 aromatic rings. The maximum absolute atomic E-state index is 13.4. The molecule has 2 N–H and O–H groups in total. The summed E-state index contributed by atoms with van der Waals surface area (Å²) in [4.78, 5) is 25.0. The predicted molar refractivity (Wildman–Crippen MR) is 85.6 cm³/mol. The maximum Gasteiger partial charge on any atom is 0.324 e. The third kappa shape index (κ3) is 4.75. The molecule has 0 bridgehead atoms. The number of nitrogens with zero attached hydrogens (tertiary/aromatic N) is 1. The van der Waals surface area contributed by atoms with Crippen LogP contribution in [0, 0.1) is 11.7 Å². The number of aliphatic hydroxyl groups excluding tert-OH is 1. The SMILES string of the molecule is CC(C)C[C@@H]1NC(=O)N(C[C@@H](O)COCc2ccccc2F)C1=O. The van der Waals surface area contributed by atoms with E-state index in [1.54, 1.807) is 18.2 Å². The molecule has 1 heterocycles. The first-order valence-corrected chi connectivity index (χ1v) is 7.99. The largest absolute Gasteiger partial charge is 0.389 e. The Bertz CT molecular complexity index is 594. The van der Waals surface area contributed by atoms with Gasteiger partial charge in [-0.2, -0.15) is 0 Å². The molecule has 132 valence electrons. The Balaban J connectivity index is 1.79. The van der Waals surface area contributed by atoms with Crippen LogP contribution in [0.15, 0.2) is 24.3 Å². The number of halogens is 1. The highest BCUT2D eigenvalue weighted by Crippen LogP contribution is 2.15. The fourth-order valence-electron chi connectivity index (χ4n) is 2.56. The van der Waals surface area contributed by atoms with E-state index < -0.39 is 18.2 Å². The number of amides is 3. The molecule has 0 saturated carbocycles. The van der Waals surface area contributed by atoms with Crippen molar-refractivity contribution in [2.45, 2.75) is 39.0 Å². The van der Waals surface area contributed by atoms with Gasteiger partial charge in [0, 0.05) is 5.56 Å². The molecule has 6 nitrogen and oxygen atoms in total. The van der Waals surface area contributed by atoms with E-state index in [1.807, 2.05) is 13.8 Å². The molecule has 0 aliphatic carbocycles. The van der Waals surface area contributed by atoms with Gasteiger partial charge in [-0.1, -0.05) is 32.0 Å². The van der Waals surface area contributed by atoms with Crippen LogP contribution in [-0.2, 0) is 16.1 Å². The van der Waals surface area contributed by atoms with E-state index in [9.17, 15) is 19.1 Å². The van der Waals surface area contributed by atoms with Crippen LogP contribution in [0.4, 0.5) is 9.18 Å². The van der Waals surface area contributed by atoms with Crippen molar-refractivity contribution in [1.82, 2.24) is 10.2 Å². The Morgan fingerprint density at radius 2 is 2.04 bits per heavy atom. The number of urea groups is 1. The van der Waals surface area contributed by atoms with Crippen LogP contribution in [0.1, 0.15) is 25.8 Å². The van der Waals surface area contributed by atoms with Crippen molar-refractivity contribution in [3.63, 3.8) is 0 Å². The number of imide groups is 1. The number of carbonyl (C=O) groups is 2. The average Bonchev–Trinajstić information content (AvgIpc) is 2.76. The van der Waals surface area contributed by atoms with Gasteiger partial charge in [0.1, 0.15) is 11.9 Å². The maximum atomic E-state index is 13.4. The summed E-state index contributed by atoms with van der Waals surface area (Å²) in [5.74, 6) is -0.437. The lowest BCUT2D eigenvalue weighted by Gasteiger charge is -2.18. The number of nitrogens with one attached hydrogen (secondary N) is 1. The first-order valence-electron chi connectivity index (χ1n) is 7.99. The molecular formula is C17H23FN2O4. The Morgan fingerprint density at radius 1 is 1.33 bits per heavy atom. The third-order valence-electron chi connectivity index (χ3n) is 3.73. The lowest BCUT2D eigenvalue weighted by molar-refractivity contribution is -0.129. The van der Waals surface area contributed by atoms with Gasteiger partial charge in [-0.3, -0.25) is 9.69 Å². The summed E-state index contributed by atoms with van der Waals surface area (Å²) in [5, 5.41) is 12.6. The summed E-state index contributed by atoms with van der Waals surface area (Å²) in [6.07, 6.45) is -0.467. The Morgan fingerprint density at radius 3 is 2.71 bits per heavy atom. The zero-order valence-corrected chi connectivity index (χ0v) is 13.9. The molecule has 3 amide bonds. The van der Waals surface area contributed by atoms with E-state index >= 15 is 0 Å². The number of aliphatic hydroxyl groups is 1. The van der Waals surface area contributed by atoms with Gasteiger partial charge in [-0.25, -0.2) is 9.18 Å². The zero-order chi connectivity index (χ0) is 17.7. The molecule has 1 aliphatic heterocycles. The van der Waals surface area contributed by atoms with Crippen LogP contribution < -0.4 is 5.32 Å². The Kier molecular flexibility index (Phi) is 6.28. The van der Waals surface area contributed by atoms with E-state index in [0.717, 1.165) is 4.90 Å². The highest BCUT2D eigenvalue weighted by Gasteiger charge is 2.38. The molecule has 0 unspecified atom stereocenters. The van der Waals surface area contributed by atoms with Gasteiger partial charge in [0.2, 0.25) is 0 Å². The molecule has 0 spiro atoms. The average molecular weight is 338 g/mol. The topological polar surface area (TPSA) is 78.9 Å². The number of β-amino-alcohol motifs (C(OH)–C–C–N with tert-alkyl or cyclic N) is 1. The Labute approximate surface area is 140 Å². The van der Waals surface area contributed by atoms with Gasteiger partial charge in [0.15, 0.2) is 0 Å². The number of carbonyl (C=O) groups excluding carboxylic acids is 2. The smallest absolute Gasteiger partial charge is 0.324 e. The first-order chi connectivity index (χ1) is 11.4. The summed E-state index contributed by atoms with van der Waals surface area (Å²) < 4.78 is 18.7. The van der Waals surface area contributed by atoms with E-state index in [-0.39, 0.29) is 37.4 Å². The second-order valence-corrected chi connectivity index (χ2v) is 6.34. The van der Waals surface area contributed by atoms with Crippen LogP contribution in [0.25, 0.3) is 0 Å². The molecule has 2 atom stereocenters. The Hall–Kier alpha value is -1.99. The molecule has 2 rings (SSSR count). The second-order valence-electron chi connectivity index (χ2n) is 6.34. The lowest BCUT2D eigenvalue weighted by Crippen LogP contribution is -2.39. The normalized spacial score (nSPS) is 19.0. The summed E-state index contributed by atoms with van der Waals surface area (Å²) in [6, 6.07) is 5.16. The fourth-order valence-corrected chi connectivity index (χ4v) is 2.56. The summed E-state index contributed by atoms with van der Waals surface area (Å²) in [6.45, 7) is 3.71. The van der Waals surface area contributed by atoms with E-state index in [4.69, 9.17) is 4.74 Å². The number of rotatable bonds is 8. The van der Waals surface area contributed by atoms with Gasteiger partial charge < -0.3 is 15.2 Å². The van der Waals surface area contributed by atoms with Crippen molar-refractivity contribution in [3.8, 4) is 0 Å². The summed E-state index contributed by atoms with van der Waals surface area (Å²) >= 11 is 0. The summed E-state index contributed by atoms with van der Waals surface area (Å²) in [7, 11) is 0. The number of hydrogen-bond acceptors (Lipinski definition) is 4. The van der Waals surface area contributed by atoms with Crippen molar-refractivity contribution >= 4 is 11.9 Å². The molecule has 1 aliphatic rings. The zero-order valence-electron chi connectivity index (χ0n) is 13.9. The molecule has 1 saturated heterocycles. The standard InChI is InChI=1S/C17H23FN2O4/c1-11(2)7-15-16(22)20(17(23)19-15)8-13(21)10-24-9-12-5-3-4-6-14(12)18/h3-6,11,13,15,21H,7-10H2,1-2H3,(H,19,23)/t13-,15+/m1/s1. The molecule has 7 heteroatoms. The predicted octanol–water partition coefficient (Wildman–Crippen LogP) is 1.67. The van der Waals surface area contributed by atoms with E-state index in [1.165, 1.54) is 6.07 Å². The van der Waals surface area contributed by atoms with Crippen molar-refractivity contribution in [3.05, 3.63) is 35.6 Å². The van der Waals surface area contributed by atoms with Gasteiger partial charge in [-0.05, 0) is 18.4 Å². The molecular weight excluding hydrogens is 315 g/mol. The van der Waals surface area contributed by atoms with Crippen molar-refractivity contribution < 1.29 is 23.8 Å². The minimum absolute atomic E-state index is 0.0137. The number of ether oxygens (including phenoxy) is 1. The van der Waals surface area contributed by atoms with Crippen LogP contribution in [-0.4, -0.2) is 47.2 Å². The van der Waals surface area contributed by atoms with Gasteiger partial charge in [0.05, 0.1) is 25.9 Å². The van der Waals surface area contributed by atoms with Crippen molar-refractivity contribution in [1.29, 1.82) is 0 Å². The second kappa shape index (κ2) is 8.21. The minimum Gasteiger partial charge on any atom is -0.389 e. The van der Waals surface area contributed by atoms with Gasteiger partial charge in [0.25, 0.3) is 5.91 Å². The van der Waals surface area contributed by atoms with E-state index in [2.05, 4.69) is 5.32 Å². The minimum atomic E-state index is -1.02. The molecule has 0 radical (unpaired) electrons. The highest BCUT2D eigenvalue weighted by molar-refractivity contribution is 6.04. The molecule has 24 heavy (non-hydrogen) atoms. The monoisotopic (exact) mass is 338 g/mol. The number of hydrogen-bond donors (Lipinski definition) is 2. The van der Waals surface area contributed by atoms with Crippen LogP contribution in [0.5, 0.6) is 0 Å². The van der Waals surface area contributed by atoms with Crippen LogP contribution >= 0.6 is 0 Å². The molecule has 0 aromatic heterocycles. The van der Waals surface area contributed by atoms with Crippen LogP contribution in [0.3, 0.4) is 0 Å². The van der Waals surface area contributed by atoms with Gasteiger partial charge in [-0.15, -0.1) is 0 Å². The van der Waals surface area contributed by atoms with Crippen LogP contribution in [0.2, 0.25) is 0 Å². The fraction of sp³-hybridized carbons (Fsp3) is 0.529. The molecule has 1 aromatic carbocycles.